The second-order valence-electron chi connectivity index (χ2n) is 6.19. The molecule has 3 nitrogen and oxygen atoms in total. The van der Waals surface area contributed by atoms with Gasteiger partial charge in [-0.3, -0.25) is 0 Å². The number of aromatic nitrogens is 1. The predicted molar refractivity (Wildman–Crippen MR) is 92.3 cm³/mol. The van der Waals surface area contributed by atoms with Crippen LogP contribution in [0.3, 0.4) is 0 Å². The fourth-order valence-electron chi connectivity index (χ4n) is 3.18. The summed E-state index contributed by atoms with van der Waals surface area (Å²) in [6.45, 7) is 6.52. The first kappa shape index (κ1) is 15.9. The van der Waals surface area contributed by atoms with Crippen LogP contribution in [-0.4, -0.2) is 36.1 Å². The molecule has 1 aromatic carbocycles. The maximum Gasteiger partial charge on any atom is 0.129 e. The van der Waals surface area contributed by atoms with E-state index in [-0.39, 0.29) is 11.7 Å². The highest BCUT2D eigenvalue weighted by Crippen LogP contribution is 2.28. The van der Waals surface area contributed by atoms with Gasteiger partial charge in [0, 0.05) is 30.8 Å². The summed E-state index contributed by atoms with van der Waals surface area (Å²) < 4.78 is 13.1. The van der Waals surface area contributed by atoms with Crippen molar-refractivity contribution in [2.45, 2.75) is 25.7 Å². The largest absolute Gasteiger partial charge is 0.369 e. The van der Waals surface area contributed by atoms with Gasteiger partial charge in [-0.2, -0.15) is 0 Å². The molecule has 0 amide bonds. The zero-order valence-corrected chi connectivity index (χ0v) is 13.6. The van der Waals surface area contributed by atoms with Crippen molar-refractivity contribution in [3.05, 3.63) is 59.5 Å². The van der Waals surface area contributed by atoms with Gasteiger partial charge in [0.1, 0.15) is 11.6 Å². The van der Waals surface area contributed by atoms with Gasteiger partial charge in [-0.05, 0) is 49.7 Å². The number of hydrogen-bond donors (Lipinski definition) is 1. The molecule has 1 fully saturated rings. The highest BCUT2D eigenvalue weighted by Gasteiger charge is 2.15. The summed E-state index contributed by atoms with van der Waals surface area (Å²) in [6, 6.07) is 10.8. The molecule has 0 saturated carbocycles. The van der Waals surface area contributed by atoms with E-state index in [4.69, 9.17) is 0 Å². The van der Waals surface area contributed by atoms with E-state index in [0.29, 0.717) is 0 Å². The van der Waals surface area contributed by atoms with Crippen molar-refractivity contribution in [3.8, 4) is 0 Å². The average Bonchev–Trinajstić information content (AvgIpc) is 3.09. The van der Waals surface area contributed by atoms with Crippen LogP contribution in [-0.2, 0) is 0 Å². The van der Waals surface area contributed by atoms with Gasteiger partial charge in [0.25, 0.3) is 0 Å². The van der Waals surface area contributed by atoms with Crippen LogP contribution in [0.4, 0.5) is 10.2 Å². The van der Waals surface area contributed by atoms with Gasteiger partial charge in [0.05, 0.1) is 0 Å². The Morgan fingerprint density at radius 1 is 1.17 bits per heavy atom. The number of pyridine rings is 1. The van der Waals surface area contributed by atoms with Crippen LogP contribution >= 0.6 is 0 Å². The summed E-state index contributed by atoms with van der Waals surface area (Å²) in [4.78, 5) is 6.99. The lowest BCUT2D eigenvalue weighted by Gasteiger charge is -2.19. The van der Waals surface area contributed by atoms with E-state index >= 15 is 0 Å². The Kier molecular flexibility index (Phi) is 5.23. The summed E-state index contributed by atoms with van der Waals surface area (Å²) in [5.41, 5.74) is 2.25. The first-order chi connectivity index (χ1) is 11.2. The van der Waals surface area contributed by atoms with Crippen molar-refractivity contribution < 1.29 is 4.39 Å². The number of benzene rings is 1. The standard InChI is InChI=1S/C19H24FN3/c1-15(16-6-8-17(20)9-7-16)18-5-4-10-21-19(18)22-11-14-23-12-2-3-13-23/h4-10,15H,2-3,11-14H2,1H3,(H,21,22). The van der Waals surface area contributed by atoms with Gasteiger partial charge in [0.2, 0.25) is 0 Å². The monoisotopic (exact) mass is 313 g/mol. The Hall–Kier alpha value is -1.94. The first-order valence-corrected chi connectivity index (χ1v) is 8.40. The van der Waals surface area contributed by atoms with Crippen LogP contribution in [0.5, 0.6) is 0 Å². The van der Waals surface area contributed by atoms with Crippen molar-refractivity contribution in [2.75, 3.05) is 31.5 Å². The van der Waals surface area contributed by atoms with Crippen molar-refractivity contribution in [1.82, 2.24) is 9.88 Å². The van der Waals surface area contributed by atoms with E-state index in [9.17, 15) is 4.39 Å². The molecule has 2 heterocycles. The van der Waals surface area contributed by atoms with E-state index in [1.54, 1.807) is 0 Å². The maximum atomic E-state index is 13.1. The van der Waals surface area contributed by atoms with Gasteiger partial charge in [-0.1, -0.05) is 25.1 Å². The fourth-order valence-corrected chi connectivity index (χ4v) is 3.18. The van der Waals surface area contributed by atoms with E-state index in [2.05, 4.69) is 28.2 Å². The molecule has 122 valence electrons. The molecule has 0 bridgehead atoms. The van der Waals surface area contributed by atoms with Crippen molar-refractivity contribution in [2.24, 2.45) is 0 Å². The summed E-state index contributed by atoms with van der Waals surface area (Å²) in [5, 5.41) is 3.48. The molecular weight excluding hydrogens is 289 g/mol. The molecule has 1 aliphatic rings. The average molecular weight is 313 g/mol. The minimum atomic E-state index is -0.198. The highest BCUT2D eigenvalue weighted by atomic mass is 19.1. The normalized spacial score (nSPS) is 16.4. The Labute approximate surface area is 137 Å². The Morgan fingerprint density at radius 2 is 1.91 bits per heavy atom. The number of rotatable bonds is 6. The van der Waals surface area contributed by atoms with Crippen molar-refractivity contribution in [1.29, 1.82) is 0 Å². The minimum absolute atomic E-state index is 0.179. The topological polar surface area (TPSA) is 28.2 Å². The lowest BCUT2D eigenvalue weighted by atomic mass is 9.93. The molecule has 3 rings (SSSR count). The van der Waals surface area contributed by atoms with Crippen molar-refractivity contribution in [3.63, 3.8) is 0 Å². The molecule has 23 heavy (non-hydrogen) atoms. The molecule has 1 unspecified atom stereocenters. The lowest BCUT2D eigenvalue weighted by molar-refractivity contribution is 0.352. The summed E-state index contributed by atoms with van der Waals surface area (Å²) in [7, 11) is 0. The van der Waals surface area contributed by atoms with Crippen LogP contribution in [0.25, 0.3) is 0 Å². The molecule has 0 aliphatic carbocycles. The first-order valence-electron chi connectivity index (χ1n) is 8.40. The smallest absolute Gasteiger partial charge is 0.129 e. The third-order valence-corrected chi connectivity index (χ3v) is 4.59. The third-order valence-electron chi connectivity index (χ3n) is 4.59. The van der Waals surface area contributed by atoms with E-state index in [0.717, 1.165) is 30.0 Å². The van der Waals surface area contributed by atoms with Crippen LogP contribution in [0.1, 0.15) is 36.8 Å². The van der Waals surface area contributed by atoms with Crippen LogP contribution < -0.4 is 5.32 Å². The summed E-state index contributed by atoms with van der Waals surface area (Å²) in [5.74, 6) is 0.915. The van der Waals surface area contributed by atoms with Crippen LogP contribution in [0.15, 0.2) is 42.6 Å². The molecule has 4 heteroatoms. The second kappa shape index (κ2) is 7.55. The summed E-state index contributed by atoms with van der Waals surface area (Å²) >= 11 is 0. The molecule has 1 aromatic heterocycles. The second-order valence-corrected chi connectivity index (χ2v) is 6.19. The quantitative estimate of drug-likeness (QED) is 0.877. The number of halogens is 1. The Morgan fingerprint density at radius 3 is 2.65 bits per heavy atom. The number of nitrogens with one attached hydrogen (secondary N) is 1. The molecule has 1 atom stereocenters. The SMILES string of the molecule is CC(c1ccc(F)cc1)c1cccnc1NCCN1CCCC1. The maximum absolute atomic E-state index is 13.1. The Balaban J connectivity index is 1.67. The van der Waals surface area contributed by atoms with E-state index in [1.165, 1.54) is 38.1 Å². The van der Waals surface area contributed by atoms with Crippen LogP contribution in [0.2, 0.25) is 0 Å². The van der Waals surface area contributed by atoms with Crippen molar-refractivity contribution >= 4 is 5.82 Å². The van der Waals surface area contributed by atoms with Gasteiger partial charge in [-0.25, -0.2) is 9.37 Å². The number of hydrogen-bond acceptors (Lipinski definition) is 3. The van der Waals surface area contributed by atoms with Crippen LogP contribution in [0, 0.1) is 5.82 Å². The van der Waals surface area contributed by atoms with E-state index < -0.39 is 0 Å². The molecule has 1 saturated heterocycles. The predicted octanol–water partition coefficient (Wildman–Crippen LogP) is 3.88. The number of anilines is 1. The molecule has 0 radical (unpaired) electrons. The fraction of sp³-hybridized carbons (Fsp3) is 0.421. The van der Waals surface area contributed by atoms with E-state index in [1.807, 2.05) is 24.4 Å². The number of nitrogens with zero attached hydrogens (tertiary/aromatic N) is 2. The third kappa shape index (κ3) is 4.08. The zero-order chi connectivity index (χ0) is 16.1. The molecular formula is C19H24FN3. The van der Waals surface area contributed by atoms with Gasteiger partial charge < -0.3 is 10.2 Å². The molecule has 2 aromatic rings. The minimum Gasteiger partial charge on any atom is -0.369 e. The molecule has 0 spiro atoms. The lowest BCUT2D eigenvalue weighted by Crippen LogP contribution is -2.26. The Bertz CT molecular complexity index is 621. The van der Waals surface area contributed by atoms with Gasteiger partial charge in [-0.15, -0.1) is 0 Å². The van der Waals surface area contributed by atoms with Gasteiger partial charge >= 0.3 is 0 Å². The van der Waals surface area contributed by atoms with Gasteiger partial charge in [0.15, 0.2) is 0 Å². The molecule has 1 aliphatic heterocycles. The zero-order valence-electron chi connectivity index (χ0n) is 13.6. The summed E-state index contributed by atoms with van der Waals surface area (Å²) in [6.07, 6.45) is 4.45. The molecule has 1 N–H and O–H groups in total. The highest BCUT2D eigenvalue weighted by molar-refractivity contribution is 5.49. The number of likely N-dealkylation sites (tertiary alicyclic amines) is 1.